The largest absolute Gasteiger partial charge is 0.366 e. The molecule has 1 saturated heterocycles. The maximum Gasteiger partial charge on any atom is 0.161 e. The zero-order chi connectivity index (χ0) is 20.8. The molecule has 4 aromatic rings. The molecule has 0 aliphatic carbocycles. The maximum atomic E-state index is 4.94. The van der Waals surface area contributed by atoms with Gasteiger partial charge in [-0.15, -0.1) is 0 Å². The average Bonchev–Trinajstić information content (AvgIpc) is 3.43. The number of aromatic nitrogens is 6. The van der Waals surface area contributed by atoms with Crippen LogP contribution in [0.3, 0.4) is 0 Å². The second-order valence-electron chi connectivity index (χ2n) is 8.28. The lowest BCUT2D eigenvalue weighted by Crippen LogP contribution is -2.44. The van der Waals surface area contributed by atoms with Crippen molar-refractivity contribution in [1.29, 1.82) is 0 Å². The van der Waals surface area contributed by atoms with Crippen LogP contribution in [0.15, 0.2) is 30.6 Å². The summed E-state index contributed by atoms with van der Waals surface area (Å²) in [6.07, 6.45) is 6.95. The zero-order valence-corrected chi connectivity index (χ0v) is 17.5. The summed E-state index contributed by atoms with van der Waals surface area (Å²) < 4.78 is 0. The highest BCUT2D eigenvalue weighted by Crippen LogP contribution is 2.30. The number of imidazole rings is 1. The molecular weight excluding hydrogens is 390 g/mol. The monoisotopic (exact) mass is 415 g/mol. The van der Waals surface area contributed by atoms with Gasteiger partial charge in [-0.1, -0.05) is 6.08 Å². The summed E-state index contributed by atoms with van der Waals surface area (Å²) >= 11 is 0. The first-order valence-corrected chi connectivity index (χ1v) is 10.8. The van der Waals surface area contributed by atoms with Gasteiger partial charge < -0.3 is 20.1 Å². The predicted molar refractivity (Wildman–Crippen MR) is 122 cm³/mol. The molecule has 0 amide bonds. The van der Waals surface area contributed by atoms with Crippen LogP contribution >= 0.6 is 0 Å². The van der Waals surface area contributed by atoms with Gasteiger partial charge in [-0.3, -0.25) is 10.1 Å². The molecule has 2 aliphatic rings. The van der Waals surface area contributed by atoms with E-state index in [4.69, 9.17) is 9.97 Å². The lowest BCUT2D eigenvalue weighted by Gasteiger charge is -2.33. The van der Waals surface area contributed by atoms with E-state index in [-0.39, 0.29) is 0 Å². The number of rotatable bonds is 3. The van der Waals surface area contributed by atoms with Crippen molar-refractivity contribution in [2.24, 2.45) is 0 Å². The van der Waals surface area contributed by atoms with E-state index < -0.39 is 0 Å². The van der Waals surface area contributed by atoms with Crippen LogP contribution in [0.2, 0.25) is 0 Å². The van der Waals surface area contributed by atoms with Crippen LogP contribution in [0.1, 0.15) is 12.1 Å². The Hall–Kier alpha value is -3.30. The van der Waals surface area contributed by atoms with Crippen molar-refractivity contribution in [3.05, 3.63) is 36.3 Å². The van der Waals surface area contributed by atoms with Gasteiger partial charge in [0, 0.05) is 32.7 Å². The molecule has 0 atom stereocenters. The van der Waals surface area contributed by atoms with E-state index in [0.29, 0.717) is 5.82 Å². The summed E-state index contributed by atoms with van der Waals surface area (Å²) in [4.78, 5) is 22.5. The van der Waals surface area contributed by atoms with Crippen molar-refractivity contribution < 1.29 is 0 Å². The normalized spacial score (nSPS) is 18.1. The van der Waals surface area contributed by atoms with Crippen molar-refractivity contribution in [2.45, 2.75) is 6.42 Å². The fraction of sp³-hybridized carbons (Fsp3) is 0.364. The van der Waals surface area contributed by atoms with Crippen LogP contribution in [-0.2, 0) is 0 Å². The Balaban J connectivity index is 1.42. The molecule has 0 saturated carbocycles. The Morgan fingerprint density at radius 1 is 0.968 bits per heavy atom. The van der Waals surface area contributed by atoms with Crippen LogP contribution in [0.4, 0.5) is 5.69 Å². The van der Waals surface area contributed by atoms with Gasteiger partial charge in [0.05, 0.1) is 34.8 Å². The molecule has 0 spiro atoms. The molecule has 9 heteroatoms. The first-order chi connectivity index (χ1) is 15.3. The summed E-state index contributed by atoms with van der Waals surface area (Å²) in [5.41, 5.74) is 7.69. The fourth-order valence-electron chi connectivity index (χ4n) is 4.41. The van der Waals surface area contributed by atoms with Gasteiger partial charge in [0.1, 0.15) is 11.0 Å². The summed E-state index contributed by atoms with van der Waals surface area (Å²) in [6.45, 7) is 5.89. The molecule has 6 rings (SSSR count). The smallest absolute Gasteiger partial charge is 0.161 e. The predicted octanol–water partition coefficient (Wildman–Crippen LogP) is 2.02. The van der Waals surface area contributed by atoms with Gasteiger partial charge in [0.25, 0.3) is 0 Å². The lowest BCUT2D eigenvalue weighted by molar-refractivity contribution is 0.313. The highest BCUT2D eigenvalue weighted by Gasteiger charge is 2.21. The molecule has 2 aliphatic heterocycles. The molecule has 4 aromatic heterocycles. The van der Waals surface area contributed by atoms with E-state index >= 15 is 0 Å². The van der Waals surface area contributed by atoms with Crippen LogP contribution < -0.4 is 10.2 Å². The van der Waals surface area contributed by atoms with E-state index in [1.54, 1.807) is 0 Å². The molecular formula is C22H25N9. The lowest BCUT2D eigenvalue weighted by atomic mass is 10.1. The van der Waals surface area contributed by atoms with Gasteiger partial charge in [0.15, 0.2) is 11.5 Å². The third kappa shape index (κ3) is 3.26. The molecule has 9 nitrogen and oxygen atoms in total. The summed E-state index contributed by atoms with van der Waals surface area (Å²) in [6, 6.07) is 4.12. The van der Waals surface area contributed by atoms with Crippen LogP contribution in [-0.4, -0.2) is 81.3 Å². The standard InChI is InChI=1S/C22H25N9/c1-30-8-10-31(11-9-30)18-13-24-12-17-19(18)27-22(26-17)21-20-16(28-29-21)3-2-15(25-20)14-4-6-23-7-5-14/h2-4,12-13,23H,5-11H2,1H3,(H,26,27)(H,28,29). The number of nitrogens with one attached hydrogen (secondary N) is 3. The van der Waals surface area contributed by atoms with Gasteiger partial charge in [-0.25, -0.2) is 9.97 Å². The number of aromatic amines is 2. The molecule has 31 heavy (non-hydrogen) atoms. The van der Waals surface area contributed by atoms with Gasteiger partial charge >= 0.3 is 0 Å². The number of likely N-dealkylation sites (N-methyl/N-ethyl adjacent to an activating group) is 1. The van der Waals surface area contributed by atoms with Crippen LogP contribution in [0, 0.1) is 0 Å². The number of nitrogens with zero attached hydrogens (tertiary/aromatic N) is 6. The van der Waals surface area contributed by atoms with E-state index in [2.05, 4.69) is 60.5 Å². The van der Waals surface area contributed by atoms with Crippen molar-refractivity contribution >= 4 is 33.3 Å². The van der Waals surface area contributed by atoms with Crippen LogP contribution in [0.5, 0.6) is 0 Å². The minimum absolute atomic E-state index is 0.716. The molecule has 0 bridgehead atoms. The zero-order valence-electron chi connectivity index (χ0n) is 17.5. The Kier molecular flexibility index (Phi) is 4.43. The molecule has 0 aromatic carbocycles. The molecule has 1 fully saturated rings. The number of hydrogen-bond acceptors (Lipinski definition) is 7. The van der Waals surface area contributed by atoms with E-state index in [1.807, 2.05) is 12.4 Å². The van der Waals surface area contributed by atoms with E-state index in [9.17, 15) is 0 Å². The van der Waals surface area contributed by atoms with Crippen LogP contribution in [0.25, 0.3) is 39.2 Å². The van der Waals surface area contributed by atoms with Crippen molar-refractivity contribution in [3.8, 4) is 11.5 Å². The Bertz CT molecular complexity index is 1280. The number of hydrogen-bond donors (Lipinski definition) is 3. The Morgan fingerprint density at radius 3 is 2.71 bits per heavy atom. The molecule has 0 unspecified atom stereocenters. The fourth-order valence-corrected chi connectivity index (χ4v) is 4.41. The Morgan fingerprint density at radius 2 is 1.87 bits per heavy atom. The third-order valence-corrected chi connectivity index (χ3v) is 6.24. The van der Waals surface area contributed by atoms with Gasteiger partial charge in [-0.05, 0) is 37.7 Å². The number of piperazine rings is 1. The van der Waals surface area contributed by atoms with Gasteiger partial charge in [-0.2, -0.15) is 5.10 Å². The second kappa shape index (κ2) is 7.44. The van der Waals surface area contributed by atoms with Crippen molar-refractivity contribution in [1.82, 2.24) is 40.3 Å². The highest BCUT2D eigenvalue weighted by molar-refractivity contribution is 5.94. The molecule has 158 valence electrons. The molecule has 6 heterocycles. The summed E-state index contributed by atoms with van der Waals surface area (Å²) in [5, 5.41) is 11.0. The topological polar surface area (TPSA) is 102 Å². The molecule has 3 N–H and O–H groups in total. The first-order valence-electron chi connectivity index (χ1n) is 10.8. The van der Waals surface area contributed by atoms with Gasteiger partial charge in [0.2, 0.25) is 0 Å². The maximum absolute atomic E-state index is 4.94. The number of anilines is 1. The minimum Gasteiger partial charge on any atom is -0.366 e. The summed E-state index contributed by atoms with van der Waals surface area (Å²) in [7, 11) is 2.16. The van der Waals surface area contributed by atoms with Crippen molar-refractivity contribution in [2.75, 3.05) is 51.2 Å². The third-order valence-electron chi connectivity index (χ3n) is 6.24. The number of H-pyrrole nitrogens is 2. The highest BCUT2D eigenvalue weighted by atomic mass is 15.3. The summed E-state index contributed by atoms with van der Waals surface area (Å²) in [5.74, 6) is 0.716. The average molecular weight is 416 g/mol. The minimum atomic E-state index is 0.716. The second-order valence-corrected chi connectivity index (χ2v) is 8.28. The Labute approximate surface area is 179 Å². The van der Waals surface area contributed by atoms with E-state index in [0.717, 1.165) is 84.8 Å². The van der Waals surface area contributed by atoms with E-state index in [1.165, 1.54) is 5.57 Å². The molecule has 0 radical (unpaired) electrons. The SMILES string of the molecule is CN1CCN(c2cncc3[nH]c(-c4n[nH]c5ccc(C6=CCNCC6)nc45)nc23)CC1. The first kappa shape index (κ1) is 18.5. The van der Waals surface area contributed by atoms with Crippen molar-refractivity contribution in [3.63, 3.8) is 0 Å². The number of pyridine rings is 2. The number of fused-ring (bicyclic) bond motifs is 2. The quantitative estimate of drug-likeness (QED) is 0.471.